The zero-order valence-corrected chi connectivity index (χ0v) is 15.2. The van der Waals surface area contributed by atoms with Gasteiger partial charge in [-0.15, -0.1) is 0 Å². The normalized spacial score (nSPS) is 16.5. The molecule has 0 saturated carbocycles. The summed E-state index contributed by atoms with van der Waals surface area (Å²) in [6, 6.07) is 4.94. The minimum Gasteiger partial charge on any atom is -0.378 e. The zero-order chi connectivity index (χ0) is 19.2. The van der Waals surface area contributed by atoms with E-state index in [9.17, 15) is 18.0 Å². The Hall–Kier alpha value is -2.27. The van der Waals surface area contributed by atoms with E-state index in [4.69, 9.17) is 10.6 Å². The van der Waals surface area contributed by atoms with Gasteiger partial charge in [-0.3, -0.25) is 15.0 Å². The average Bonchev–Trinajstić information content (AvgIpc) is 2.66. The van der Waals surface area contributed by atoms with Crippen LogP contribution in [-0.4, -0.2) is 57.5 Å². The fourth-order valence-corrected chi connectivity index (χ4v) is 3.50. The molecule has 2 rings (SSSR count). The van der Waals surface area contributed by atoms with E-state index in [1.807, 2.05) is 5.43 Å². The van der Waals surface area contributed by atoms with Crippen molar-refractivity contribution >= 4 is 27.9 Å². The second kappa shape index (κ2) is 8.90. The molecule has 26 heavy (non-hydrogen) atoms. The predicted octanol–water partition coefficient (Wildman–Crippen LogP) is -0.785. The highest BCUT2D eigenvalue weighted by Crippen LogP contribution is 2.12. The molecule has 1 atom stereocenters. The summed E-state index contributed by atoms with van der Waals surface area (Å²) in [5.74, 6) is 4.22. The van der Waals surface area contributed by atoms with E-state index in [1.54, 1.807) is 23.1 Å². The fourth-order valence-electron chi connectivity index (χ4n) is 2.29. The first kappa shape index (κ1) is 20.0. The van der Waals surface area contributed by atoms with E-state index in [-0.39, 0.29) is 10.8 Å². The second-order valence-electron chi connectivity index (χ2n) is 5.69. The number of hydrogen-bond donors (Lipinski definition) is 3. The number of hydrazine groups is 1. The Balaban J connectivity index is 2.01. The van der Waals surface area contributed by atoms with Crippen LogP contribution >= 0.6 is 0 Å². The average molecular weight is 382 g/mol. The van der Waals surface area contributed by atoms with Crippen molar-refractivity contribution in [2.75, 3.05) is 26.3 Å². The highest BCUT2D eigenvalue weighted by molar-refractivity contribution is 7.89. The summed E-state index contributed by atoms with van der Waals surface area (Å²) in [5, 5.41) is 0. The number of morpholine rings is 1. The summed E-state index contributed by atoms with van der Waals surface area (Å²) >= 11 is 0. The summed E-state index contributed by atoms with van der Waals surface area (Å²) in [5.41, 5.74) is 2.56. The predicted molar refractivity (Wildman–Crippen MR) is 95.0 cm³/mol. The lowest BCUT2D eigenvalue weighted by Crippen LogP contribution is -2.47. The largest absolute Gasteiger partial charge is 0.378 e. The Morgan fingerprint density at radius 1 is 1.23 bits per heavy atom. The third-order valence-corrected chi connectivity index (χ3v) is 5.36. The molecule has 142 valence electrons. The number of carbonyl (C=O) groups is 2. The minimum absolute atomic E-state index is 0.00540. The van der Waals surface area contributed by atoms with Crippen LogP contribution in [0.2, 0.25) is 0 Å². The van der Waals surface area contributed by atoms with Crippen LogP contribution in [0, 0.1) is 0 Å². The van der Waals surface area contributed by atoms with Gasteiger partial charge < -0.3 is 9.64 Å². The van der Waals surface area contributed by atoms with Gasteiger partial charge in [-0.1, -0.05) is 12.1 Å². The van der Waals surface area contributed by atoms with Gasteiger partial charge in [0.05, 0.1) is 24.2 Å². The molecule has 1 aromatic rings. The van der Waals surface area contributed by atoms with E-state index >= 15 is 0 Å². The third kappa shape index (κ3) is 5.36. The number of nitrogens with zero attached hydrogens (tertiary/aromatic N) is 1. The molecule has 9 nitrogen and oxygen atoms in total. The van der Waals surface area contributed by atoms with E-state index in [0.29, 0.717) is 31.9 Å². The highest BCUT2D eigenvalue weighted by Gasteiger charge is 2.21. The summed E-state index contributed by atoms with van der Waals surface area (Å²) in [4.78, 5) is 25.1. The highest BCUT2D eigenvalue weighted by atomic mass is 32.2. The van der Waals surface area contributed by atoms with Crippen LogP contribution in [0.3, 0.4) is 0 Å². The zero-order valence-electron chi connectivity index (χ0n) is 14.3. The molecule has 1 aliphatic heterocycles. The summed E-state index contributed by atoms with van der Waals surface area (Å²) in [7, 11) is -3.86. The fraction of sp³-hybridized carbons (Fsp3) is 0.375. The number of carbonyl (C=O) groups excluding carboxylic acids is 2. The molecule has 0 radical (unpaired) electrons. The van der Waals surface area contributed by atoms with Crippen molar-refractivity contribution < 1.29 is 22.7 Å². The van der Waals surface area contributed by atoms with Crippen LogP contribution in [0.1, 0.15) is 12.5 Å². The Bertz CT molecular complexity index is 770. The standard InChI is InChI=1S/C16H22N4O5S/c1-12(16(22)18-17)19-26(23,24)14-5-2-13(3-6-14)4-7-15(21)20-8-10-25-11-9-20/h2-7,12,19H,8-11,17H2,1H3,(H,18,22)/b7-4+. The molecule has 2 amide bonds. The number of ether oxygens (including phenoxy) is 1. The maximum Gasteiger partial charge on any atom is 0.251 e. The number of nitrogens with one attached hydrogen (secondary N) is 2. The molecule has 1 heterocycles. The van der Waals surface area contributed by atoms with Gasteiger partial charge in [-0.2, -0.15) is 4.72 Å². The van der Waals surface area contributed by atoms with E-state index in [0.717, 1.165) is 0 Å². The van der Waals surface area contributed by atoms with Gasteiger partial charge in [0, 0.05) is 19.2 Å². The molecule has 4 N–H and O–H groups in total. The molecule has 1 unspecified atom stereocenters. The smallest absolute Gasteiger partial charge is 0.251 e. The lowest BCUT2D eigenvalue weighted by Gasteiger charge is -2.25. The first-order valence-electron chi connectivity index (χ1n) is 8.01. The Morgan fingerprint density at radius 2 is 1.85 bits per heavy atom. The van der Waals surface area contributed by atoms with Crippen molar-refractivity contribution in [2.24, 2.45) is 5.84 Å². The number of sulfonamides is 1. The molecule has 1 aromatic carbocycles. The van der Waals surface area contributed by atoms with Crippen molar-refractivity contribution in [3.8, 4) is 0 Å². The van der Waals surface area contributed by atoms with Gasteiger partial charge in [0.1, 0.15) is 0 Å². The van der Waals surface area contributed by atoms with Crippen LogP contribution in [0.4, 0.5) is 0 Å². The Kier molecular flexibility index (Phi) is 6.86. The first-order chi connectivity index (χ1) is 12.3. The minimum atomic E-state index is -3.86. The van der Waals surface area contributed by atoms with Crippen LogP contribution < -0.4 is 16.0 Å². The van der Waals surface area contributed by atoms with Gasteiger partial charge in [0.2, 0.25) is 15.9 Å². The van der Waals surface area contributed by atoms with Crippen molar-refractivity contribution in [3.63, 3.8) is 0 Å². The summed E-state index contributed by atoms with van der Waals surface area (Å²) < 4.78 is 31.9. The molecular formula is C16H22N4O5S. The topological polar surface area (TPSA) is 131 Å². The summed E-state index contributed by atoms with van der Waals surface area (Å²) in [6.45, 7) is 3.55. The SMILES string of the molecule is CC(NS(=O)(=O)c1ccc(/C=C/C(=O)N2CCOCC2)cc1)C(=O)NN. The van der Waals surface area contributed by atoms with Crippen molar-refractivity contribution in [2.45, 2.75) is 17.9 Å². The molecule has 1 saturated heterocycles. The van der Waals surface area contributed by atoms with Crippen molar-refractivity contribution in [3.05, 3.63) is 35.9 Å². The van der Waals surface area contributed by atoms with Crippen LogP contribution in [0.25, 0.3) is 6.08 Å². The number of rotatable bonds is 6. The molecular weight excluding hydrogens is 360 g/mol. The Morgan fingerprint density at radius 3 is 2.42 bits per heavy atom. The molecule has 0 aromatic heterocycles. The van der Waals surface area contributed by atoms with Crippen molar-refractivity contribution in [1.29, 1.82) is 0 Å². The van der Waals surface area contributed by atoms with Gasteiger partial charge >= 0.3 is 0 Å². The van der Waals surface area contributed by atoms with Gasteiger partial charge in [-0.25, -0.2) is 14.3 Å². The summed E-state index contributed by atoms with van der Waals surface area (Å²) in [6.07, 6.45) is 3.06. The first-order valence-corrected chi connectivity index (χ1v) is 9.49. The maximum absolute atomic E-state index is 12.2. The van der Waals surface area contributed by atoms with Gasteiger partial charge in [0.15, 0.2) is 0 Å². The monoisotopic (exact) mass is 382 g/mol. The quantitative estimate of drug-likeness (QED) is 0.256. The van der Waals surface area contributed by atoms with E-state index in [2.05, 4.69) is 4.72 Å². The van der Waals surface area contributed by atoms with Crippen LogP contribution in [0.5, 0.6) is 0 Å². The van der Waals surface area contributed by atoms with Crippen LogP contribution in [-0.2, 0) is 24.3 Å². The van der Waals surface area contributed by atoms with E-state index in [1.165, 1.54) is 25.1 Å². The number of hydrogen-bond acceptors (Lipinski definition) is 6. The molecule has 0 spiro atoms. The number of amides is 2. The van der Waals surface area contributed by atoms with Gasteiger partial charge in [0.25, 0.3) is 5.91 Å². The molecule has 0 bridgehead atoms. The molecule has 10 heteroatoms. The molecule has 0 aliphatic carbocycles. The van der Waals surface area contributed by atoms with Gasteiger partial charge in [-0.05, 0) is 30.7 Å². The molecule has 1 aliphatic rings. The maximum atomic E-state index is 12.2. The number of benzene rings is 1. The second-order valence-corrected chi connectivity index (χ2v) is 7.41. The Labute approximate surface area is 152 Å². The van der Waals surface area contributed by atoms with Crippen molar-refractivity contribution in [1.82, 2.24) is 15.0 Å². The van der Waals surface area contributed by atoms with E-state index < -0.39 is 22.0 Å². The molecule has 1 fully saturated rings. The van der Waals surface area contributed by atoms with Crippen LogP contribution in [0.15, 0.2) is 35.2 Å². The lowest BCUT2D eigenvalue weighted by atomic mass is 10.2. The third-order valence-electron chi connectivity index (χ3n) is 3.80. The number of nitrogens with two attached hydrogens (primary N) is 1. The lowest BCUT2D eigenvalue weighted by molar-refractivity contribution is -0.129.